The van der Waals surface area contributed by atoms with Gasteiger partial charge in [0, 0.05) is 20.1 Å². The third-order valence-corrected chi connectivity index (χ3v) is 2.64. The molecule has 2 rings (SSSR count). The van der Waals surface area contributed by atoms with Crippen molar-refractivity contribution in [1.82, 2.24) is 14.5 Å². The Morgan fingerprint density at radius 3 is 2.60 bits per heavy atom. The molecule has 0 saturated heterocycles. The van der Waals surface area contributed by atoms with E-state index in [1.807, 2.05) is 31.3 Å². The summed E-state index contributed by atoms with van der Waals surface area (Å²) in [6, 6.07) is 7.85. The number of likely N-dealkylation sites (N-methyl/N-ethyl adjacent to an activating group) is 1. The molecule has 0 bridgehead atoms. The van der Waals surface area contributed by atoms with Crippen molar-refractivity contribution in [3.8, 4) is 0 Å². The molecule has 4 heteroatoms. The molecule has 0 aliphatic carbocycles. The second-order valence-electron chi connectivity index (χ2n) is 3.59. The summed E-state index contributed by atoms with van der Waals surface area (Å²) in [7, 11) is 3.69. The summed E-state index contributed by atoms with van der Waals surface area (Å²) in [6.07, 6.45) is 0. The van der Waals surface area contributed by atoms with E-state index in [1.165, 1.54) is 0 Å². The Hall–Kier alpha value is -1.55. The lowest BCUT2D eigenvalue weighted by atomic mass is 10.3. The molecular formula is C11H15N3O. The standard InChI is InChI=1S/C11H15N3O/c1-12-7-8-14-10-6-4-3-5-9(10)13(2)11(14)15/h3-6,12H,7-8H2,1-2H3. The Labute approximate surface area is 88.1 Å². The number of fused-ring (bicyclic) bond motifs is 1. The highest BCUT2D eigenvalue weighted by Gasteiger charge is 2.08. The van der Waals surface area contributed by atoms with E-state index < -0.39 is 0 Å². The normalized spacial score (nSPS) is 11.1. The molecule has 4 nitrogen and oxygen atoms in total. The monoisotopic (exact) mass is 205 g/mol. The maximum atomic E-state index is 11.9. The predicted molar refractivity (Wildman–Crippen MR) is 61.1 cm³/mol. The van der Waals surface area contributed by atoms with Crippen molar-refractivity contribution in [1.29, 1.82) is 0 Å². The maximum Gasteiger partial charge on any atom is 0.328 e. The van der Waals surface area contributed by atoms with Gasteiger partial charge in [0.2, 0.25) is 0 Å². The Balaban J connectivity index is 2.62. The van der Waals surface area contributed by atoms with Gasteiger partial charge in [-0.2, -0.15) is 0 Å². The first-order chi connectivity index (χ1) is 7.25. The SMILES string of the molecule is CNCCn1c(=O)n(C)c2ccccc21. The van der Waals surface area contributed by atoms with Crippen LogP contribution in [-0.2, 0) is 13.6 Å². The fourth-order valence-electron chi connectivity index (χ4n) is 1.80. The minimum Gasteiger partial charge on any atom is -0.318 e. The molecule has 0 unspecified atom stereocenters. The molecule has 1 aromatic carbocycles. The third kappa shape index (κ3) is 1.57. The molecule has 80 valence electrons. The van der Waals surface area contributed by atoms with Gasteiger partial charge in [0.25, 0.3) is 0 Å². The topological polar surface area (TPSA) is 39.0 Å². The first-order valence-corrected chi connectivity index (χ1v) is 5.04. The van der Waals surface area contributed by atoms with Gasteiger partial charge >= 0.3 is 5.69 Å². The summed E-state index contributed by atoms with van der Waals surface area (Å²) >= 11 is 0. The van der Waals surface area contributed by atoms with Crippen molar-refractivity contribution in [2.45, 2.75) is 6.54 Å². The van der Waals surface area contributed by atoms with E-state index in [0.29, 0.717) is 6.54 Å². The lowest BCUT2D eigenvalue weighted by molar-refractivity contribution is 0.627. The minimum atomic E-state index is 0.0476. The fraction of sp³-hybridized carbons (Fsp3) is 0.364. The lowest BCUT2D eigenvalue weighted by Gasteiger charge is -2.01. The van der Waals surface area contributed by atoms with Gasteiger partial charge < -0.3 is 5.32 Å². The number of aromatic nitrogens is 2. The fourth-order valence-corrected chi connectivity index (χ4v) is 1.80. The van der Waals surface area contributed by atoms with Gasteiger partial charge in [-0.05, 0) is 19.2 Å². The van der Waals surface area contributed by atoms with Crippen LogP contribution in [0.1, 0.15) is 0 Å². The first kappa shape index (κ1) is 9.98. The van der Waals surface area contributed by atoms with Gasteiger partial charge in [-0.25, -0.2) is 4.79 Å². The van der Waals surface area contributed by atoms with E-state index >= 15 is 0 Å². The van der Waals surface area contributed by atoms with Crippen LogP contribution in [-0.4, -0.2) is 22.7 Å². The number of nitrogens with one attached hydrogen (secondary N) is 1. The van der Waals surface area contributed by atoms with Crippen molar-refractivity contribution >= 4 is 11.0 Å². The van der Waals surface area contributed by atoms with Gasteiger partial charge in [0.05, 0.1) is 11.0 Å². The highest BCUT2D eigenvalue weighted by Crippen LogP contribution is 2.10. The van der Waals surface area contributed by atoms with Crippen LogP contribution in [0.15, 0.2) is 29.1 Å². The predicted octanol–water partition coefficient (Wildman–Crippen LogP) is 0.559. The first-order valence-electron chi connectivity index (χ1n) is 5.04. The summed E-state index contributed by atoms with van der Waals surface area (Å²) in [5.74, 6) is 0. The van der Waals surface area contributed by atoms with Gasteiger partial charge in [0.1, 0.15) is 0 Å². The zero-order valence-electron chi connectivity index (χ0n) is 9.03. The molecule has 0 spiro atoms. The number of imidazole rings is 1. The molecule has 0 aliphatic rings. The number of aryl methyl sites for hydroxylation is 1. The van der Waals surface area contributed by atoms with Crippen molar-refractivity contribution in [3.05, 3.63) is 34.7 Å². The highest BCUT2D eigenvalue weighted by molar-refractivity contribution is 5.75. The summed E-state index contributed by atoms with van der Waals surface area (Å²) in [5.41, 5.74) is 2.03. The van der Waals surface area contributed by atoms with Crippen molar-refractivity contribution in [2.24, 2.45) is 7.05 Å². The number of hydrogen-bond donors (Lipinski definition) is 1. The molecule has 0 fully saturated rings. The van der Waals surface area contributed by atoms with E-state index in [-0.39, 0.29) is 5.69 Å². The quantitative estimate of drug-likeness (QED) is 0.795. The maximum absolute atomic E-state index is 11.9. The van der Waals surface area contributed by atoms with Crippen LogP contribution in [0, 0.1) is 0 Å². The van der Waals surface area contributed by atoms with Crippen LogP contribution in [0.5, 0.6) is 0 Å². The molecular weight excluding hydrogens is 190 g/mol. The molecule has 0 radical (unpaired) electrons. The Morgan fingerprint density at radius 2 is 1.93 bits per heavy atom. The van der Waals surface area contributed by atoms with Crippen LogP contribution >= 0.6 is 0 Å². The number of hydrogen-bond acceptors (Lipinski definition) is 2. The second kappa shape index (κ2) is 3.90. The number of rotatable bonds is 3. The Bertz CT molecular complexity index is 524. The van der Waals surface area contributed by atoms with Gasteiger partial charge in [-0.1, -0.05) is 12.1 Å². The highest BCUT2D eigenvalue weighted by atomic mass is 16.1. The van der Waals surface area contributed by atoms with Crippen LogP contribution in [0.2, 0.25) is 0 Å². The molecule has 15 heavy (non-hydrogen) atoms. The van der Waals surface area contributed by atoms with E-state index in [0.717, 1.165) is 17.6 Å². The third-order valence-electron chi connectivity index (χ3n) is 2.64. The minimum absolute atomic E-state index is 0.0476. The van der Waals surface area contributed by atoms with E-state index in [1.54, 1.807) is 16.2 Å². The second-order valence-corrected chi connectivity index (χ2v) is 3.59. The van der Waals surface area contributed by atoms with E-state index in [9.17, 15) is 4.79 Å². The van der Waals surface area contributed by atoms with Crippen molar-refractivity contribution < 1.29 is 0 Å². The molecule has 0 aliphatic heterocycles. The smallest absolute Gasteiger partial charge is 0.318 e. The number of nitrogens with zero attached hydrogens (tertiary/aromatic N) is 2. The molecule has 1 aromatic heterocycles. The van der Waals surface area contributed by atoms with Crippen LogP contribution in [0.4, 0.5) is 0 Å². The molecule has 1 heterocycles. The molecule has 0 amide bonds. The van der Waals surface area contributed by atoms with Gasteiger partial charge in [-0.3, -0.25) is 9.13 Å². The largest absolute Gasteiger partial charge is 0.328 e. The van der Waals surface area contributed by atoms with Crippen LogP contribution < -0.4 is 11.0 Å². The van der Waals surface area contributed by atoms with Crippen molar-refractivity contribution in [3.63, 3.8) is 0 Å². The van der Waals surface area contributed by atoms with E-state index in [2.05, 4.69) is 5.32 Å². The average molecular weight is 205 g/mol. The molecule has 1 N–H and O–H groups in total. The summed E-state index contributed by atoms with van der Waals surface area (Å²) in [4.78, 5) is 11.9. The molecule has 2 aromatic rings. The Morgan fingerprint density at radius 1 is 1.27 bits per heavy atom. The summed E-state index contributed by atoms with van der Waals surface area (Å²) in [6.45, 7) is 1.50. The zero-order chi connectivity index (χ0) is 10.8. The van der Waals surface area contributed by atoms with Crippen LogP contribution in [0.25, 0.3) is 11.0 Å². The lowest BCUT2D eigenvalue weighted by Crippen LogP contribution is -2.26. The average Bonchev–Trinajstić information content (AvgIpc) is 2.51. The number of para-hydroxylation sites is 2. The van der Waals surface area contributed by atoms with Gasteiger partial charge in [-0.15, -0.1) is 0 Å². The Kier molecular flexibility index (Phi) is 2.60. The van der Waals surface area contributed by atoms with Crippen LogP contribution in [0.3, 0.4) is 0 Å². The van der Waals surface area contributed by atoms with Crippen molar-refractivity contribution in [2.75, 3.05) is 13.6 Å². The molecule has 0 saturated carbocycles. The number of benzene rings is 1. The summed E-state index contributed by atoms with van der Waals surface area (Å²) in [5, 5.41) is 3.05. The van der Waals surface area contributed by atoms with E-state index in [4.69, 9.17) is 0 Å². The molecule has 0 atom stereocenters. The van der Waals surface area contributed by atoms with Gasteiger partial charge in [0.15, 0.2) is 0 Å². The summed E-state index contributed by atoms with van der Waals surface area (Å²) < 4.78 is 3.48. The zero-order valence-corrected chi connectivity index (χ0v) is 9.03.